The van der Waals surface area contributed by atoms with Crippen LogP contribution in [0.1, 0.15) is 25.5 Å². The molecule has 19 heavy (non-hydrogen) atoms. The Balaban J connectivity index is 2.40. The molecule has 0 aromatic heterocycles. The molecule has 0 bridgehead atoms. The molecule has 0 saturated heterocycles. The zero-order chi connectivity index (χ0) is 14.3. The van der Waals surface area contributed by atoms with Crippen LogP contribution in [0.5, 0.6) is 5.75 Å². The molecule has 0 aliphatic rings. The molecular formula is C15H22FNO2. The van der Waals surface area contributed by atoms with E-state index in [9.17, 15) is 4.39 Å². The fraction of sp³-hybridized carbons (Fsp3) is 0.467. The van der Waals surface area contributed by atoms with Crippen LogP contribution < -0.4 is 10.1 Å². The second kappa shape index (κ2) is 7.92. The van der Waals surface area contributed by atoms with Crippen LogP contribution in [-0.2, 0) is 4.74 Å². The first-order valence-corrected chi connectivity index (χ1v) is 6.33. The number of hydrogen-bond acceptors (Lipinski definition) is 3. The molecule has 0 aliphatic carbocycles. The van der Waals surface area contributed by atoms with E-state index in [0.717, 1.165) is 17.7 Å². The summed E-state index contributed by atoms with van der Waals surface area (Å²) in [7, 11) is 1.46. The number of nitrogens with one attached hydrogen (secondary N) is 1. The molecule has 1 N–H and O–H groups in total. The van der Waals surface area contributed by atoms with Crippen LogP contribution in [0.25, 0.3) is 0 Å². The van der Waals surface area contributed by atoms with Crippen LogP contribution in [0.2, 0.25) is 0 Å². The van der Waals surface area contributed by atoms with E-state index in [-0.39, 0.29) is 17.6 Å². The van der Waals surface area contributed by atoms with Crippen LogP contribution in [0.15, 0.2) is 30.4 Å². The number of rotatable bonds is 8. The zero-order valence-electron chi connectivity index (χ0n) is 11.8. The molecule has 0 amide bonds. The van der Waals surface area contributed by atoms with Crippen molar-refractivity contribution in [1.82, 2.24) is 5.32 Å². The Kier molecular flexibility index (Phi) is 6.53. The first-order chi connectivity index (χ1) is 9.04. The molecule has 0 heterocycles. The molecule has 0 fully saturated rings. The summed E-state index contributed by atoms with van der Waals surface area (Å²) in [5.74, 6) is -0.0760. The Bertz CT molecular complexity index is 421. The van der Waals surface area contributed by atoms with Gasteiger partial charge in [-0.25, -0.2) is 4.39 Å². The highest BCUT2D eigenvalue weighted by atomic mass is 19.1. The van der Waals surface area contributed by atoms with Gasteiger partial charge in [-0.2, -0.15) is 0 Å². The lowest BCUT2D eigenvalue weighted by Gasteiger charge is -2.15. The molecule has 0 saturated carbocycles. The third-order valence-corrected chi connectivity index (χ3v) is 2.72. The summed E-state index contributed by atoms with van der Waals surface area (Å²) in [6.45, 7) is 9.65. The van der Waals surface area contributed by atoms with Gasteiger partial charge in [0.05, 0.1) is 20.3 Å². The largest absolute Gasteiger partial charge is 0.494 e. The predicted molar refractivity (Wildman–Crippen MR) is 75.0 cm³/mol. The number of methoxy groups -OCH3 is 1. The first-order valence-electron chi connectivity index (χ1n) is 6.33. The first kappa shape index (κ1) is 15.7. The van der Waals surface area contributed by atoms with Gasteiger partial charge in [-0.15, -0.1) is 0 Å². The van der Waals surface area contributed by atoms with Gasteiger partial charge in [-0.1, -0.05) is 18.2 Å². The molecule has 1 rings (SSSR count). The van der Waals surface area contributed by atoms with E-state index in [1.165, 1.54) is 13.2 Å². The summed E-state index contributed by atoms with van der Waals surface area (Å²) >= 11 is 0. The van der Waals surface area contributed by atoms with E-state index in [0.29, 0.717) is 13.2 Å². The Morgan fingerprint density at radius 3 is 2.84 bits per heavy atom. The zero-order valence-corrected chi connectivity index (χ0v) is 11.8. The van der Waals surface area contributed by atoms with E-state index in [1.54, 1.807) is 12.1 Å². The van der Waals surface area contributed by atoms with Crippen molar-refractivity contribution in [3.05, 3.63) is 41.7 Å². The van der Waals surface area contributed by atoms with Crippen LogP contribution in [0, 0.1) is 5.82 Å². The average Bonchev–Trinajstić information content (AvgIpc) is 2.38. The molecule has 1 atom stereocenters. The van der Waals surface area contributed by atoms with E-state index in [1.807, 2.05) is 13.8 Å². The molecule has 3 nitrogen and oxygen atoms in total. The van der Waals surface area contributed by atoms with Crippen molar-refractivity contribution < 1.29 is 13.9 Å². The Hall–Kier alpha value is -1.39. The minimum atomic E-state index is -0.344. The number of halogens is 1. The van der Waals surface area contributed by atoms with Crippen molar-refractivity contribution in [2.45, 2.75) is 19.9 Å². The van der Waals surface area contributed by atoms with Crippen LogP contribution >= 0.6 is 0 Å². The van der Waals surface area contributed by atoms with E-state index in [2.05, 4.69) is 11.9 Å². The Morgan fingerprint density at radius 1 is 1.47 bits per heavy atom. The third kappa shape index (κ3) is 5.41. The summed E-state index contributed by atoms with van der Waals surface area (Å²) in [5.41, 5.74) is 1.99. The molecule has 1 aromatic rings. The van der Waals surface area contributed by atoms with E-state index in [4.69, 9.17) is 9.47 Å². The lowest BCUT2D eigenvalue weighted by atomic mass is 10.1. The van der Waals surface area contributed by atoms with Gasteiger partial charge in [0.15, 0.2) is 11.6 Å². The highest BCUT2D eigenvalue weighted by molar-refractivity contribution is 5.31. The monoisotopic (exact) mass is 267 g/mol. The third-order valence-electron chi connectivity index (χ3n) is 2.72. The van der Waals surface area contributed by atoms with Crippen LogP contribution in [0.4, 0.5) is 4.39 Å². The van der Waals surface area contributed by atoms with Crippen molar-refractivity contribution >= 4 is 0 Å². The van der Waals surface area contributed by atoms with E-state index >= 15 is 0 Å². The Morgan fingerprint density at radius 2 is 2.21 bits per heavy atom. The highest BCUT2D eigenvalue weighted by Crippen LogP contribution is 2.22. The SMILES string of the molecule is C=C(C)COCCNC(C)c1ccc(F)c(OC)c1. The number of benzene rings is 1. The quantitative estimate of drug-likeness (QED) is 0.580. The molecule has 1 aromatic carbocycles. The summed E-state index contributed by atoms with van der Waals surface area (Å²) in [4.78, 5) is 0. The van der Waals surface area contributed by atoms with Crippen molar-refractivity contribution in [3.63, 3.8) is 0 Å². The maximum absolute atomic E-state index is 13.3. The van der Waals surface area contributed by atoms with Gasteiger partial charge in [0.1, 0.15) is 0 Å². The molecule has 0 radical (unpaired) electrons. The van der Waals surface area contributed by atoms with Gasteiger partial charge in [0.2, 0.25) is 0 Å². The molecule has 0 spiro atoms. The predicted octanol–water partition coefficient (Wildman–Crippen LogP) is 3.08. The second-order valence-corrected chi connectivity index (χ2v) is 4.58. The van der Waals surface area contributed by atoms with Crippen molar-refractivity contribution in [1.29, 1.82) is 0 Å². The molecule has 4 heteroatoms. The summed E-state index contributed by atoms with van der Waals surface area (Å²) < 4.78 is 23.7. The highest BCUT2D eigenvalue weighted by Gasteiger charge is 2.08. The van der Waals surface area contributed by atoms with Gasteiger partial charge in [-0.05, 0) is 31.5 Å². The van der Waals surface area contributed by atoms with Crippen molar-refractivity contribution in [2.75, 3.05) is 26.9 Å². The summed E-state index contributed by atoms with van der Waals surface area (Å²) in [6, 6.07) is 5.00. The second-order valence-electron chi connectivity index (χ2n) is 4.58. The van der Waals surface area contributed by atoms with Gasteiger partial charge >= 0.3 is 0 Å². The van der Waals surface area contributed by atoms with Gasteiger partial charge in [-0.3, -0.25) is 0 Å². The summed E-state index contributed by atoms with van der Waals surface area (Å²) in [5, 5.41) is 3.31. The lowest BCUT2D eigenvalue weighted by Crippen LogP contribution is -2.23. The maximum atomic E-state index is 13.3. The number of hydrogen-bond donors (Lipinski definition) is 1. The average molecular weight is 267 g/mol. The van der Waals surface area contributed by atoms with Gasteiger partial charge in [0, 0.05) is 12.6 Å². The number of ether oxygens (including phenoxy) is 2. The Labute approximate surface area is 114 Å². The minimum absolute atomic E-state index is 0.114. The topological polar surface area (TPSA) is 30.5 Å². The van der Waals surface area contributed by atoms with Gasteiger partial charge < -0.3 is 14.8 Å². The minimum Gasteiger partial charge on any atom is -0.494 e. The van der Waals surface area contributed by atoms with Crippen molar-refractivity contribution in [2.24, 2.45) is 0 Å². The maximum Gasteiger partial charge on any atom is 0.165 e. The fourth-order valence-electron chi connectivity index (χ4n) is 1.66. The van der Waals surface area contributed by atoms with E-state index < -0.39 is 0 Å². The normalized spacial score (nSPS) is 12.2. The molecule has 106 valence electrons. The van der Waals surface area contributed by atoms with Gasteiger partial charge in [0.25, 0.3) is 0 Å². The molecular weight excluding hydrogens is 245 g/mol. The van der Waals surface area contributed by atoms with Crippen molar-refractivity contribution in [3.8, 4) is 5.75 Å². The molecule has 0 aliphatic heterocycles. The van der Waals surface area contributed by atoms with Crippen LogP contribution in [0.3, 0.4) is 0 Å². The lowest BCUT2D eigenvalue weighted by molar-refractivity contribution is 0.156. The van der Waals surface area contributed by atoms with Crippen LogP contribution in [-0.4, -0.2) is 26.9 Å². The summed E-state index contributed by atoms with van der Waals surface area (Å²) in [6.07, 6.45) is 0. The molecule has 1 unspecified atom stereocenters. The fourth-order valence-corrected chi connectivity index (χ4v) is 1.66. The standard InChI is InChI=1S/C15H22FNO2/c1-11(2)10-19-8-7-17-12(3)13-5-6-14(16)15(9-13)18-4/h5-6,9,12,17H,1,7-8,10H2,2-4H3. The smallest absolute Gasteiger partial charge is 0.165 e.